The third kappa shape index (κ3) is 4.79. The molecule has 0 spiro atoms. The number of halogens is 2. The monoisotopic (exact) mass is 292 g/mol. The van der Waals surface area contributed by atoms with Crippen molar-refractivity contribution < 1.29 is 13.5 Å². The van der Waals surface area contributed by atoms with Gasteiger partial charge < -0.3 is 10.1 Å². The summed E-state index contributed by atoms with van der Waals surface area (Å²) in [6.07, 6.45) is 1.58. The summed E-state index contributed by atoms with van der Waals surface area (Å²) in [5.41, 5.74) is 0.836. The molecule has 0 amide bonds. The largest absolute Gasteiger partial charge is 0.438 e. The van der Waals surface area contributed by atoms with E-state index in [-0.39, 0.29) is 5.75 Å². The number of nitrogens with one attached hydrogen (secondary N) is 1. The number of ether oxygens (including phenoxy) is 1. The molecule has 2 aromatic rings. The molecule has 1 aromatic heterocycles. The van der Waals surface area contributed by atoms with Gasteiger partial charge in [-0.15, -0.1) is 0 Å². The first kappa shape index (κ1) is 15.4. The van der Waals surface area contributed by atoms with Gasteiger partial charge in [0.25, 0.3) is 0 Å². The lowest BCUT2D eigenvalue weighted by atomic mass is 10.2. The van der Waals surface area contributed by atoms with Gasteiger partial charge in [0.2, 0.25) is 5.88 Å². The predicted octanol–water partition coefficient (Wildman–Crippen LogP) is 3.90. The Morgan fingerprint density at radius 1 is 1.19 bits per heavy atom. The molecule has 5 heteroatoms. The third-order valence-electron chi connectivity index (χ3n) is 2.77. The standard InChI is InChI=1S/C16H18F2N2O/c1-11(2)9-19-10-12-4-3-5-20-16(12)21-15-7-13(17)6-14(18)8-15/h3-8,11,19H,9-10H2,1-2H3. The lowest BCUT2D eigenvalue weighted by Crippen LogP contribution is -2.19. The van der Waals surface area contributed by atoms with Crippen LogP contribution in [0.15, 0.2) is 36.5 Å². The molecule has 0 aliphatic carbocycles. The smallest absolute Gasteiger partial charge is 0.223 e. The summed E-state index contributed by atoms with van der Waals surface area (Å²) in [6, 6.07) is 6.72. The van der Waals surface area contributed by atoms with Gasteiger partial charge in [-0.1, -0.05) is 19.9 Å². The van der Waals surface area contributed by atoms with Crippen LogP contribution in [0.4, 0.5) is 8.78 Å². The van der Waals surface area contributed by atoms with Crippen molar-refractivity contribution in [3.63, 3.8) is 0 Å². The number of aromatic nitrogens is 1. The highest BCUT2D eigenvalue weighted by molar-refractivity contribution is 5.32. The van der Waals surface area contributed by atoms with Gasteiger partial charge in [-0.2, -0.15) is 0 Å². The minimum absolute atomic E-state index is 0.0938. The molecule has 0 saturated heterocycles. The van der Waals surface area contributed by atoms with Crippen molar-refractivity contribution in [2.45, 2.75) is 20.4 Å². The van der Waals surface area contributed by atoms with Gasteiger partial charge in [0, 0.05) is 36.5 Å². The van der Waals surface area contributed by atoms with Crippen molar-refractivity contribution in [1.29, 1.82) is 0 Å². The van der Waals surface area contributed by atoms with E-state index in [1.54, 1.807) is 12.3 Å². The van der Waals surface area contributed by atoms with Crippen LogP contribution >= 0.6 is 0 Å². The van der Waals surface area contributed by atoms with Gasteiger partial charge in [0.15, 0.2) is 0 Å². The second-order valence-corrected chi connectivity index (χ2v) is 5.20. The number of nitrogens with zero attached hydrogens (tertiary/aromatic N) is 1. The van der Waals surface area contributed by atoms with E-state index in [1.165, 1.54) is 0 Å². The molecule has 1 aromatic carbocycles. The van der Waals surface area contributed by atoms with E-state index in [2.05, 4.69) is 24.1 Å². The average Bonchev–Trinajstić information content (AvgIpc) is 2.39. The number of benzene rings is 1. The number of pyridine rings is 1. The van der Waals surface area contributed by atoms with Crippen LogP contribution in [0.1, 0.15) is 19.4 Å². The molecular formula is C16H18F2N2O. The fourth-order valence-electron chi connectivity index (χ4n) is 1.85. The van der Waals surface area contributed by atoms with E-state index in [1.807, 2.05) is 6.07 Å². The molecule has 3 nitrogen and oxygen atoms in total. The molecule has 1 heterocycles. The van der Waals surface area contributed by atoms with Gasteiger partial charge in [0.1, 0.15) is 17.4 Å². The lowest BCUT2D eigenvalue weighted by Gasteiger charge is -2.12. The molecule has 1 N–H and O–H groups in total. The Morgan fingerprint density at radius 2 is 1.90 bits per heavy atom. The maximum Gasteiger partial charge on any atom is 0.223 e. The highest BCUT2D eigenvalue weighted by atomic mass is 19.1. The van der Waals surface area contributed by atoms with E-state index >= 15 is 0 Å². The zero-order valence-corrected chi connectivity index (χ0v) is 12.1. The molecule has 2 rings (SSSR count). The molecular weight excluding hydrogens is 274 g/mol. The molecule has 0 fully saturated rings. The molecule has 21 heavy (non-hydrogen) atoms. The second kappa shape index (κ2) is 7.13. The number of hydrogen-bond donors (Lipinski definition) is 1. The Kier molecular flexibility index (Phi) is 5.22. The van der Waals surface area contributed by atoms with Crippen LogP contribution in [-0.2, 0) is 6.54 Å². The third-order valence-corrected chi connectivity index (χ3v) is 2.77. The maximum absolute atomic E-state index is 13.2. The van der Waals surface area contributed by atoms with Crippen molar-refractivity contribution in [3.8, 4) is 11.6 Å². The first-order valence-corrected chi connectivity index (χ1v) is 6.83. The maximum atomic E-state index is 13.2. The van der Waals surface area contributed by atoms with Crippen LogP contribution in [-0.4, -0.2) is 11.5 Å². The molecule has 0 bridgehead atoms. The van der Waals surface area contributed by atoms with E-state index < -0.39 is 11.6 Å². The van der Waals surface area contributed by atoms with Gasteiger partial charge in [-0.25, -0.2) is 13.8 Å². The summed E-state index contributed by atoms with van der Waals surface area (Å²) >= 11 is 0. The van der Waals surface area contributed by atoms with Gasteiger partial charge in [-0.3, -0.25) is 0 Å². The summed E-state index contributed by atoms with van der Waals surface area (Å²) in [6.45, 7) is 5.68. The zero-order valence-electron chi connectivity index (χ0n) is 12.1. The summed E-state index contributed by atoms with van der Waals surface area (Å²) in [5, 5.41) is 3.28. The zero-order chi connectivity index (χ0) is 15.2. The van der Waals surface area contributed by atoms with E-state index in [4.69, 9.17) is 4.74 Å². The molecule has 0 unspecified atom stereocenters. The summed E-state index contributed by atoms with van der Waals surface area (Å²) in [4.78, 5) is 4.12. The molecule has 0 aliphatic rings. The van der Waals surface area contributed by atoms with Crippen LogP contribution in [0, 0.1) is 17.6 Å². The van der Waals surface area contributed by atoms with Gasteiger partial charge in [0.05, 0.1) is 0 Å². The van der Waals surface area contributed by atoms with Crippen LogP contribution in [0.2, 0.25) is 0 Å². The van der Waals surface area contributed by atoms with Crippen molar-refractivity contribution in [2.75, 3.05) is 6.54 Å². The molecule has 0 radical (unpaired) electrons. The highest BCUT2D eigenvalue weighted by Crippen LogP contribution is 2.24. The SMILES string of the molecule is CC(C)CNCc1cccnc1Oc1cc(F)cc(F)c1. The molecule has 112 valence electrons. The van der Waals surface area contributed by atoms with E-state index in [0.717, 1.165) is 30.3 Å². The number of rotatable bonds is 6. The Hall–Kier alpha value is -2.01. The number of hydrogen-bond acceptors (Lipinski definition) is 3. The summed E-state index contributed by atoms with van der Waals surface area (Å²) in [7, 11) is 0. The van der Waals surface area contributed by atoms with Gasteiger partial charge >= 0.3 is 0 Å². The lowest BCUT2D eigenvalue weighted by molar-refractivity contribution is 0.440. The van der Waals surface area contributed by atoms with Crippen molar-refractivity contribution in [1.82, 2.24) is 10.3 Å². The molecule has 0 atom stereocenters. The Labute approximate surface area is 123 Å². The van der Waals surface area contributed by atoms with Crippen LogP contribution in [0.5, 0.6) is 11.6 Å². The predicted molar refractivity (Wildman–Crippen MR) is 77.2 cm³/mol. The van der Waals surface area contributed by atoms with Crippen LogP contribution in [0.3, 0.4) is 0 Å². The quantitative estimate of drug-likeness (QED) is 0.877. The first-order chi connectivity index (χ1) is 10.0. The van der Waals surface area contributed by atoms with Crippen molar-refractivity contribution in [2.24, 2.45) is 5.92 Å². The average molecular weight is 292 g/mol. The minimum Gasteiger partial charge on any atom is -0.438 e. The summed E-state index contributed by atoms with van der Waals surface area (Å²) in [5.74, 6) is -0.390. The van der Waals surface area contributed by atoms with Crippen LogP contribution in [0.25, 0.3) is 0 Å². The molecule has 0 aliphatic heterocycles. The minimum atomic E-state index is -0.680. The van der Waals surface area contributed by atoms with Crippen molar-refractivity contribution in [3.05, 3.63) is 53.7 Å². The van der Waals surface area contributed by atoms with Gasteiger partial charge in [-0.05, 0) is 18.5 Å². The topological polar surface area (TPSA) is 34.2 Å². The Balaban J connectivity index is 2.12. The van der Waals surface area contributed by atoms with E-state index in [9.17, 15) is 8.78 Å². The fourth-order valence-corrected chi connectivity index (χ4v) is 1.85. The molecule has 0 saturated carbocycles. The highest BCUT2D eigenvalue weighted by Gasteiger charge is 2.08. The Bertz CT molecular complexity index is 582. The van der Waals surface area contributed by atoms with E-state index in [0.29, 0.717) is 18.3 Å². The first-order valence-electron chi connectivity index (χ1n) is 6.83. The van der Waals surface area contributed by atoms with Crippen molar-refractivity contribution >= 4 is 0 Å². The fraction of sp³-hybridized carbons (Fsp3) is 0.312. The summed E-state index contributed by atoms with van der Waals surface area (Å²) < 4.78 is 31.8. The second-order valence-electron chi connectivity index (χ2n) is 5.20. The van der Waals surface area contributed by atoms with Crippen LogP contribution < -0.4 is 10.1 Å². The Morgan fingerprint density at radius 3 is 2.57 bits per heavy atom. The normalized spacial score (nSPS) is 10.9.